The summed E-state index contributed by atoms with van der Waals surface area (Å²) in [6, 6.07) is 0. The third-order valence-electron chi connectivity index (χ3n) is 11.9. The largest absolute Gasteiger partial charge is 0.462 e. The fourth-order valence-electron chi connectivity index (χ4n) is 7.72. The Labute approximate surface area is 414 Å². The second-order valence-corrected chi connectivity index (χ2v) is 18.5. The molecule has 0 aromatic carbocycles. The van der Waals surface area contributed by atoms with Crippen LogP contribution in [0.2, 0.25) is 0 Å². The third kappa shape index (κ3) is 53.4. The van der Waals surface area contributed by atoms with Gasteiger partial charge in [0.1, 0.15) is 13.2 Å². The van der Waals surface area contributed by atoms with Gasteiger partial charge in [0.15, 0.2) is 6.10 Å². The molecular weight excluding hydrogens is 829 g/mol. The summed E-state index contributed by atoms with van der Waals surface area (Å²) in [5.41, 5.74) is 0. The monoisotopic (exact) mass is 933 g/mol. The lowest BCUT2D eigenvalue weighted by Crippen LogP contribution is -2.30. The molecule has 0 spiro atoms. The Morgan fingerprint density at radius 2 is 0.582 bits per heavy atom. The maximum absolute atomic E-state index is 12.7. The first-order valence-electron chi connectivity index (χ1n) is 28.1. The lowest BCUT2D eigenvalue weighted by atomic mass is 10.0. The van der Waals surface area contributed by atoms with Crippen molar-refractivity contribution in [1.82, 2.24) is 0 Å². The van der Waals surface area contributed by atoms with Crippen LogP contribution in [0, 0.1) is 0 Å². The van der Waals surface area contributed by atoms with E-state index in [-0.39, 0.29) is 31.1 Å². The summed E-state index contributed by atoms with van der Waals surface area (Å²) < 4.78 is 16.7. The van der Waals surface area contributed by atoms with Crippen molar-refractivity contribution >= 4 is 17.9 Å². The summed E-state index contributed by atoms with van der Waals surface area (Å²) >= 11 is 0. The fourth-order valence-corrected chi connectivity index (χ4v) is 7.72. The van der Waals surface area contributed by atoms with E-state index in [0.717, 1.165) is 103 Å². The molecule has 0 aromatic heterocycles. The first-order chi connectivity index (χ1) is 33.0. The van der Waals surface area contributed by atoms with Crippen molar-refractivity contribution in [1.29, 1.82) is 0 Å². The van der Waals surface area contributed by atoms with E-state index in [9.17, 15) is 14.4 Å². The molecule has 6 heteroatoms. The van der Waals surface area contributed by atoms with E-state index in [1.54, 1.807) is 0 Å². The molecule has 0 aliphatic rings. The smallest absolute Gasteiger partial charge is 0.306 e. The molecule has 0 saturated carbocycles. The average Bonchev–Trinajstić information content (AvgIpc) is 3.33. The van der Waals surface area contributed by atoms with Gasteiger partial charge in [-0.3, -0.25) is 14.4 Å². The number of esters is 3. The highest BCUT2D eigenvalue weighted by Gasteiger charge is 2.19. The van der Waals surface area contributed by atoms with Crippen LogP contribution in [0.5, 0.6) is 0 Å². The second kappa shape index (κ2) is 55.2. The van der Waals surface area contributed by atoms with E-state index >= 15 is 0 Å². The molecule has 0 fully saturated rings. The van der Waals surface area contributed by atoms with Crippen molar-refractivity contribution < 1.29 is 28.6 Å². The summed E-state index contributed by atoms with van der Waals surface area (Å²) in [5, 5.41) is 0. The van der Waals surface area contributed by atoms with Crippen molar-refractivity contribution in [3.63, 3.8) is 0 Å². The van der Waals surface area contributed by atoms with E-state index in [2.05, 4.69) is 106 Å². The van der Waals surface area contributed by atoms with E-state index in [1.165, 1.54) is 122 Å². The fraction of sp³-hybridized carbons (Fsp3) is 0.721. The van der Waals surface area contributed by atoms with E-state index in [4.69, 9.17) is 14.2 Å². The lowest BCUT2D eigenvalue weighted by Gasteiger charge is -2.18. The number of carbonyl (C=O) groups is 3. The van der Waals surface area contributed by atoms with E-state index in [1.807, 2.05) is 0 Å². The Balaban J connectivity index is 4.00. The number of hydrogen-bond donors (Lipinski definition) is 0. The Hall–Kier alpha value is -3.41. The molecule has 0 N–H and O–H groups in total. The molecule has 0 aromatic rings. The Bertz CT molecular complexity index is 1300. The zero-order valence-electron chi connectivity index (χ0n) is 43.9. The highest BCUT2D eigenvalue weighted by Crippen LogP contribution is 2.15. The third-order valence-corrected chi connectivity index (χ3v) is 11.9. The molecule has 0 amide bonds. The average molecular weight is 933 g/mol. The van der Waals surface area contributed by atoms with Crippen LogP contribution >= 0.6 is 0 Å². The van der Waals surface area contributed by atoms with Gasteiger partial charge in [0.05, 0.1) is 0 Å². The molecule has 1 atom stereocenters. The Morgan fingerprint density at radius 1 is 0.313 bits per heavy atom. The van der Waals surface area contributed by atoms with Crippen molar-refractivity contribution in [2.75, 3.05) is 13.2 Å². The Kier molecular flexibility index (Phi) is 52.4. The van der Waals surface area contributed by atoms with Crippen molar-refractivity contribution in [2.45, 2.75) is 271 Å². The van der Waals surface area contributed by atoms with Crippen LogP contribution in [0.25, 0.3) is 0 Å². The summed E-state index contributed by atoms with van der Waals surface area (Å²) in [6.45, 7) is 6.46. The van der Waals surface area contributed by atoms with Crippen LogP contribution in [-0.2, 0) is 28.6 Å². The van der Waals surface area contributed by atoms with Crippen molar-refractivity contribution in [3.8, 4) is 0 Å². The van der Waals surface area contributed by atoms with Crippen LogP contribution in [0.15, 0.2) is 85.1 Å². The normalized spacial score (nSPS) is 12.7. The van der Waals surface area contributed by atoms with Gasteiger partial charge >= 0.3 is 17.9 Å². The molecule has 0 bridgehead atoms. The van der Waals surface area contributed by atoms with Gasteiger partial charge < -0.3 is 14.2 Å². The van der Waals surface area contributed by atoms with Crippen molar-refractivity contribution in [2.24, 2.45) is 0 Å². The molecule has 0 heterocycles. The first-order valence-corrected chi connectivity index (χ1v) is 28.1. The molecule has 1 unspecified atom stereocenters. The summed E-state index contributed by atoms with van der Waals surface area (Å²) in [5.74, 6) is -0.883. The van der Waals surface area contributed by atoms with Crippen LogP contribution in [0.4, 0.5) is 0 Å². The van der Waals surface area contributed by atoms with Gasteiger partial charge in [0.2, 0.25) is 0 Å². The summed E-state index contributed by atoms with van der Waals surface area (Å²) in [7, 11) is 0. The maximum atomic E-state index is 12.7. The van der Waals surface area contributed by atoms with Gasteiger partial charge in [-0.25, -0.2) is 0 Å². The summed E-state index contributed by atoms with van der Waals surface area (Å²) in [4.78, 5) is 37.7. The number of allylic oxidation sites excluding steroid dienone is 14. The van der Waals surface area contributed by atoms with E-state index in [0.29, 0.717) is 19.3 Å². The predicted octanol–water partition coefficient (Wildman–Crippen LogP) is 18.8. The van der Waals surface area contributed by atoms with Crippen LogP contribution in [0.1, 0.15) is 265 Å². The zero-order chi connectivity index (χ0) is 48.6. The topological polar surface area (TPSA) is 78.9 Å². The minimum Gasteiger partial charge on any atom is -0.462 e. The zero-order valence-corrected chi connectivity index (χ0v) is 43.9. The highest BCUT2D eigenvalue weighted by molar-refractivity contribution is 5.71. The molecule has 0 saturated heterocycles. The molecule has 67 heavy (non-hydrogen) atoms. The lowest BCUT2D eigenvalue weighted by molar-refractivity contribution is -0.167. The van der Waals surface area contributed by atoms with Crippen LogP contribution in [-0.4, -0.2) is 37.2 Å². The number of hydrogen-bond acceptors (Lipinski definition) is 6. The standard InChI is InChI=1S/C61H104O6/c1-4-7-10-13-16-19-20-21-22-23-24-25-26-27-28-29-30-31-32-33-34-35-36-37-38-39-40-41-42-43-46-48-51-54-60(63)66-57-58(67-61(64)55-52-49-45-18-15-12-9-6-3)56-65-59(62)53-50-47-44-17-14-11-8-5-2/h7,10,16,19,21-22,24-25,27-28,30-31,33-34,58H,4-6,8-9,11-15,17-18,20,23,26,29,32,35-57H2,1-3H3/b10-7-,19-16-,22-21-,25-24-,28-27-,31-30-,34-33-. The molecule has 0 rings (SSSR count). The molecular formula is C61H104O6. The number of rotatable bonds is 50. The van der Waals surface area contributed by atoms with Crippen LogP contribution in [0.3, 0.4) is 0 Å². The maximum Gasteiger partial charge on any atom is 0.306 e. The molecule has 0 aliphatic heterocycles. The molecule has 0 aliphatic carbocycles. The van der Waals surface area contributed by atoms with Gasteiger partial charge in [-0.1, -0.05) is 254 Å². The summed E-state index contributed by atoms with van der Waals surface area (Å²) in [6.07, 6.45) is 71.8. The van der Waals surface area contributed by atoms with Crippen molar-refractivity contribution in [3.05, 3.63) is 85.1 Å². The predicted molar refractivity (Wildman–Crippen MR) is 288 cm³/mol. The molecule has 6 nitrogen and oxygen atoms in total. The number of ether oxygens (including phenoxy) is 3. The first kappa shape index (κ1) is 63.6. The molecule has 384 valence electrons. The highest BCUT2D eigenvalue weighted by atomic mass is 16.6. The quantitative estimate of drug-likeness (QED) is 0.0262. The Morgan fingerprint density at radius 3 is 0.910 bits per heavy atom. The minimum absolute atomic E-state index is 0.0735. The van der Waals surface area contributed by atoms with Gasteiger partial charge in [-0.2, -0.15) is 0 Å². The van der Waals surface area contributed by atoms with Gasteiger partial charge in [-0.15, -0.1) is 0 Å². The number of carbonyl (C=O) groups excluding carboxylic acids is 3. The van der Waals surface area contributed by atoms with Crippen LogP contribution < -0.4 is 0 Å². The second-order valence-electron chi connectivity index (χ2n) is 18.5. The van der Waals surface area contributed by atoms with Gasteiger partial charge in [0.25, 0.3) is 0 Å². The van der Waals surface area contributed by atoms with Gasteiger partial charge in [0, 0.05) is 19.3 Å². The van der Waals surface area contributed by atoms with E-state index < -0.39 is 6.10 Å². The minimum atomic E-state index is -0.769. The molecule has 0 radical (unpaired) electrons. The SMILES string of the molecule is CC/C=C\C/C=C\C/C=C\C/C=C\C/C=C\C/C=C\C/C=C\CCCCCCCCCCCCCC(=O)OCC(COC(=O)CCCCCCCCCC)OC(=O)CCCCCCCCCC. The number of unbranched alkanes of at least 4 members (excludes halogenated alkanes) is 25. The van der Waals surface area contributed by atoms with Gasteiger partial charge in [-0.05, 0) is 77.0 Å².